The second kappa shape index (κ2) is 10.0. The van der Waals surface area contributed by atoms with Crippen molar-refractivity contribution in [1.29, 1.82) is 0 Å². The maximum Gasteiger partial charge on any atom is 0.310 e. The van der Waals surface area contributed by atoms with Crippen LogP contribution in [-0.4, -0.2) is 22.8 Å². The van der Waals surface area contributed by atoms with E-state index in [4.69, 9.17) is 4.74 Å². The van der Waals surface area contributed by atoms with Crippen molar-refractivity contribution >= 4 is 28.9 Å². The number of para-hydroxylation sites is 2. The molecule has 8 nitrogen and oxygen atoms in total. The third-order valence-corrected chi connectivity index (χ3v) is 4.36. The molecule has 0 spiro atoms. The van der Waals surface area contributed by atoms with Crippen molar-refractivity contribution in [1.82, 2.24) is 0 Å². The molecule has 31 heavy (non-hydrogen) atoms. The molecule has 0 aromatic heterocycles. The minimum Gasteiger partial charge on any atom is -0.474 e. The summed E-state index contributed by atoms with van der Waals surface area (Å²) in [5.74, 6) is -0.647. The molecule has 0 aliphatic heterocycles. The molecule has 3 rings (SSSR count). The predicted molar refractivity (Wildman–Crippen MR) is 117 cm³/mol. The van der Waals surface area contributed by atoms with Gasteiger partial charge in [-0.2, -0.15) is 0 Å². The SMILES string of the molecule is CC(Oc1ccccc1[N+](=O)[O-])C(=O)Nc1cccc(NC(=O)Cc2ccccc2)c1. The van der Waals surface area contributed by atoms with Gasteiger partial charge in [-0.3, -0.25) is 19.7 Å². The van der Waals surface area contributed by atoms with Gasteiger partial charge < -0.3 is 15.4 Å². The van der Waals surface area contributed by atoms with Gasteiger partial charge >= 0.3 is 5.69 Å². The Kier molecular flexibility index (Phi) is 6.95. The fraction of sp³-hybridized carbons (Fsp3) is 0.130. The van der Waals surface area contributed by atoms with Crippen molar-refractivity contribution in [2.75, 3.05) is 10.6 Å². The van der Waals surface area contributed by atoms with Crippen LogP contribution in [0.15, 0.2) is 78.9 Å². The number of nitrogens with one attached hydrogen (secondary N) is 2. The van der Waals surface area contributed by atoms with E-state index in [-0.39, 0.29) is 23.8 Å². The van der Waals surface area contributed by atoms with Gasteiger partial charge in [0.1, 0.15) is 0 Å². The van der Waals surface area contributed by atoms with Gasteiger partial charge in [0.05, 0.1) is 11.3 Å². The Balaban J connectivity index is 1.60. The fourth-order valence-corrected chi connectivity index (χ4v) is 2.86. The van der Waals surface area contributed by atoms with E-state index in [1.807, 2.05) is 30.3 Å². The monoisotopic (exact) mass is 419 g/mol. The molecule has 0 aliphatic carbocycles. The van der Waals surface area contributed by atoms with Gasteiger partial charge in [-0.15, -0.1) is 0 Å². The standard InChI is InChI=1S/C23H21N3O5/c1-16(31-21-13-6-5-12-20(21)26(29)30)23(28)25-19-11-7-10-18(15-19)24-22(27)14-17-8-3-2-4-9-17/h2-13,15-16H,14H2,1H3,(H,24,27)(H,25,28). The third kappa shape index (κ3) is 6.14. The van der Waals surface area contributed by atoms with E-state index in [1.165, 1.54) is 25.1 Å². The third-order valence-electron chi connectivity index (χ3n) is 4.36. The van der Waals surface area contributed by atoms with Gasteiger partial charge in [0.15, 0.2) is 11.9 Å². The summed E-state index contributed by atoms with van der Waals surface area (Å²) in [5.41, 5.74) is 1.67. The number of amides is 2. The molecule has 0 fully saturated rings. The van der Waals surface area contributed by atoms with Gasteiger partial charge in [-0.1, -0.05) is 48.5 Å². The van der Waals surface area contributed by atoms with Gasteiger partial charge in [0.2, 0.25) is 5.91 Å². The van der Waals surface area contributed by atoms with Crippen LogP contribution >= 0.6 is 0 Å². The van der Waals surface area contributed by atoms with Crippen LogP contribution in [0.25, 0.3) is 0 Å². The molecule has 1 unspecified atom stereocenters. The lowest BCUT2D eigenvalue weighted by Crippen LogP contribution is -2.30. The molecular formula is C23H21N3O5. The average Bonchev–Trinajstić information content (AvgIpc) is 2.74. The summed E-state index contributed by atoms with van der Waals surface area (Å²) in [7, 11) is 0. The summed E-state index contributed by atoms with van der Waals surface area (Å²) in [6, 6.07) is 21.9. The molecule has 0 heterocycles. The normalized spacial score (nSPS) is 11.3. The number of ether oxygens (including phenoxy) is 1. The first-order valence-electron chi connectivity index (χ1n) is 9.57. The van der Waals surface area contributed by atoms with E-state index >= 15 is 0 Å². The first kappa shape index (κ1) is 21.5. The quantitative estimate of drug-likeness (QED) is 0.420. The molecule has 0 saturated carbocycles. The lowest BCUT2D eigenvalue weighted by molar-refractivity contribution is -0.386. The average molecular weight is 419 g/mol. The molecule has 0 radical (unpaired) electrons. The Morgan fingerprint density at radius 1 is 0.935 bits per heavy atom. The van der Waals surface area contributed by atoms with Crippen LogP contribution in [0.4, 0.5) is 17.1 Å². The van der Waals surface area contributed by atoms with Crippen molar-refractivity contribution in [3.05, 3.63) is 94.5 Å². The largest absolute Gasteiger partial charge is 0.474 e. The minimum atomic E-state index is -0.975. The lowest BCUT2D eigenvalue weighted by Gasteiger charge is -2.15. The van der Waals surface area contributed by atoms with Crippen LogP contribution in [-0.2, 0) is 16.0 Å². The maximum absolute atomic E-state index is 12.5. The summed E-state index contributed by atoms with van der Waals surface area (Å²) in [4.78, 5) is 35.2. The smallest absolute Gasteiger partial charge is 0.310 e. The molecule has 8 heteroatoms. The minimum absolute atomic E-state index is 0.0112. The molecule has 2 amide bonds. The van der Waals surface area contributed by atoms with Crippen LogP contribution in [0, 0.1) is 10.1 Å². The van der Waals surface area contributed by atoms with Crippen LogP contribution in [0.2, 0.25) is 0 Å². The summed E-state index contributed by atoms with van der Waals surface area (Å²) in [6.45, 7) is 1.50. The van der Waals surface area contributed by atoms with Crippen LogP contribution in [0.1, 0.15) is 12.5 Å². The highest BCUT2D eigenvalue weighted by Crippen LogP contribution is 2.27. The Hall–Kier alpha value is -4.20. The van der Waals surface area contributed by atoms with Crippen LogP contribution < -0.4 is 15.4 Å². The molecule has 0 aliphatic rings. The topological polar surface area (TPSA) is 111 Å². The predicted octanol–water partition coefficient (Wildman–Crippen LogP) is 4.18. The Bertz CT molecular complexity index is 1090. The highest BCUT2D eigenvalue weighted by atomic mass is 16.6. The Morgan fingerprint density at radius 2 is 1.58 bits per heavy atom. The van der Waals surface area contributed by atoms with E-state index in [0.717, 1.165) is 5.56 Å². The van der Waals surface area contributed by atoms with E-state index < -0.39 is 16.9 Å². The van der Waals surface area contributed by atoms with Crippen molar-refractivity contribution in [2.24, 2.45) is 0 Å². The number of nitro benzene ring substituents is 1. The molecule has 3 aromatic rings. The summed E-state index contributed by atoms with van der Waals surface area (Å²) < 4.78 is 5.48. The second-order valence-electron chi connectivity index (χ2n) is 6.77. The Labute approximate surface area is 179 Å². The zero-order chi connectivity index (χ0) is 22.2. The fourth-order valence-electron chi connectivity index (χ4n) is 2.86. The molecular weight excluding hydrogens is 398 g/mol. The first-order chi connectivity index (χ1) is 14.9. The number of anilines is 2. The maximum atomic E-state index is 12.5. The van der Waals surface area contributed by atoms with E-state index in [2.05, 4.69) is 10.6 Å². The number of carbonyl (C=O) groups is 2. The molecule has 2 N–H and O–H groups in total. The van der Waals surface area contributed by atoms with Gasteiger partial charge in [0.25, 0.3) is 5.91 Å². The van der Waals surface area contributed by atoms with Crippen molar-refractivity contribution in [2.45, 2.75) is 19.4 Å². The van der Waals surface area contributed by atoms with Crippen molar-refractivity contribution in [3.63, 3.8) is 0 Å². The van der Waals surface area contributed by atoms with Crippen LogP contribution in [0.5, 0.6) is 5.75 Å². The molecule has 0 saturated heterocycles. The molecule has 0 bridgehead atoms. The number of rotatable bonds is 8. The highest BCUT2D eigenvalue weighted by Gasteiger charge is 2.20. The second-order valence-corrected chi connectivity index (χ2v) is 6.77. The zero-order valence-corrected chi connectivity index (χ0v) is 16.8. The number of benzene rings is 3. The lowest BCUT2D eigenvalue weighted by atomic mass is 10.1. The highest BCUT2D eigenvalue weighted by molar-refractivity contribution is 5.96. The molecule has 158 valence electrons. The van der Waals surface area contributed by atoms with E-state index in [9.17, 15) is 19.7 Å². The van der Waals surface area contributed by atoms with Gasteiger partial charge in [-0.25, -0.2) is 0 Å². The number of nitro groups is 1. The zero-order valence-electron chi connectivity index (χ0n) is 16.8. The van der Waals surface area contributed by atoms with Gasteiger partial charge in [-0.05, 0) is 36.8 Å². The number of hydrogen-bond donors (Lipinski definition) is 2. The summed E-state index contributed by atoms with van der Waals surface area (Å²) in [5, 5.41) is 16.6. The first-order valence-corrected chi connectivity index (χ1v) is 9.57. The van der Waals surface area contributed by atoms with E-state index in [1.54, 1.807) is 30.3 Å². The summed E-state index contributed by atoms with van der Waals surface area (Å²) >= 11 is 0. The number of hydrogen-bond acceptors (Lipinski definition) is 5. The van der Waals surface area contributed by atoms with E-state index in [0.29, 0.717) is 11.4 Å². The Morgan fingerprint density at radius 3 is 2.29 bits per heavy atom. The van der Waals surface area contributed by atoms with Crippen LogP contribution in [0.3, 0.4) is 0 Å². The van der Waals surface area contributed by atoms with Crippen molar-refractivity contribution in [3.8, 4) is 5.75 Å². The molecule has 3 aromatic carbocycles. The van der Waals surface area contributed by atoms with Crippen molar-refractivity contribution < 1.29 is 19.2 Å². The van der Waals surface area contributed by atoms with Gasteiger partial charge in [0, 0.05) is 17.4 Å². The number of carbonyl (C=O) groups excluding carboxylic acids is 2. The number of nitrogens with zero attached hydrogens (tertiary/aromatic N) is 1. The summed E-state index contributed by atoms with van der Waals surface area (Å²) in [6.07, 6.45) is -0.740. The molecule has 1 atom stereocenters.